The quantitative estimate of drug-likeness (QED) is 0.757. The van der Waals surface area contributed by atoms with Gasteiger partial charge in [0.15, 0.2) is 0 Å². The molecule has 0 saturated heterocycles. The molecule has 1 amide bonds. The van der Waals surface area contributed by atoms with Crippen LogP contribution in [0.3, 0.4) is 0 Å². The number of carbonyl (C=O) groups excluding carboxylic acids is 1. The van der Waals surface area contributed by atoms with Gasteiger partial charge in [-0.2, -0.15) is 0 Å². The van der Waals surface area contributed by atoms with Crippen LogP contribution in [0, 0.1) is 17.8 Å². The van der Waals surface area contributed by atoms with Gasteiger partial charge in [-0.1, -0.05) is 41.5 Å². The second-order valence-electron chi connectivity index (χ2n) is 4.78. The summed E-state index contributed by atoms with van der Waals surface area (Å²) in [5.74, 6) is 1.24. The van der Waals surface area contributed by atoms with Gasteiger partial charge in [-0.25, -0.2) is 0 Å². The van der Waals surface area contributed by atoms with Crippen molar-refractivity contribution < 1.29 is 9.90 Å². The second kappa shape index (κ2) is 9.97. The standard InChI is InChI=1S/C8H17NO2.C4H10/c1-6(2)7(3)8(11)9-4-5-10;1-4(2)3/h6-7,10H,4-5H2,1-3H3,(H,9,11);4H,1-3H3. The molecule has 0 rings (SSSR count). The fraction of sp³-hybridized carbons (Fsp3) is 0.917. The molecule has 15 heavy (non-hydrogen) atoms. The van der Waals surface area contributed by atoms with Gasteiger partial charge in [0.05, 0.1) is 6.61 Å². The third-order valence-corrected chi connectivity index (χ3v) is 1.82. The van der Waals surface area contributed by atoms with Gasteiger partial charge >= 0.3 is 0 Å². The Morgan fingerprint density at radius 2 is 1.53 bits per heavy atom. The van der Waals surface area contributed by atoms with Crippen molar-refractivity contribution in [3.8, 4) is 0 Å². The number of carbonyl (C=O) groups is 1. The smallest absolute Gasteiger partial charge is 0.223 e. The average Bonchev–Trinajstić information content (AvgIpc) is 2.11. The Balaban J connectivity index is 0. The van der Waals surface area contributed by atoms with Gasteiger partial charge in [-0.3, -0.25) is 4.79 Å². The minimum atomic E-state index is 0.0105. The van der Waals surface area contributed by atoms with E-state index in [4.69, 9.17) is 5.11 Å². The first-order valence-corrected chi connectivity index (χ1v) is 5.71. The lowest BCUT2D eigenvalue weighted by molar-refractivity contribution is -0.125. The Hall–Kier alpha value is -0.570. The lowest BCUT2D eigenvalue weighted by Gasteiger charge is -2.14. The van der Waals surface area contributed by atoms with Crippen LogP contribution >= 0.6 is 0 Å². The number of hydrogen-bond acceptors (Lipinski definition) is 2. The van der Waals surface area contributed by atoms with Crippen LogP contribution in [0.15, 0.2) is 0 Å². The van der Waals surface area contributed by atoms with Gasteiger partial charge in [-0.05, 0) is 11.8 Å². The van der Waals surface area contributed by atoms with Crippen molar-refractivity contribution >= 4 is 5.91 Å². The van der Waals surface area contributed by atoms with Crippen LogP contribution in [0.25, 0.3) is 0 Å². The molecule has 0 radical (unpaired) electrons. The first-order valence-electron chi connectivity index (χ1n) is 5.71. The largest absolute Gasteiger partial charge is 0.395 e. The molecule has 0 aromatic rings. The number of hydrogen-bond donors (Lipinski definition) is 2. The highest BCUT2D eigenvalue weighted by Gasteiger charge is 2.15. The van der Waals surface area contributed by atoms with Crippen LogP contribution < -0.4 is 5.32 Å². The molecule has 0 fully saturated rings. The van der Waals surface area contributed by atoms with E-state index in [1.54, 1.807) is 0 Å². The van der Waals surface area contributed by atoms with Gasteiger partial charge in [0.25, 0.3) is 0 Å². The molecular weight excluding hydrogens is 190 g/mol. The summed E-state index contributed by atoms with van der Waals surface area (Å²) in [6, 6.07) is 0. The van der Waals surface area contributed by atoms with Crippen LogP contribution in [-0.2, 0) is 4.79 Å². The fourth-order valence-corrected chi connectivity index (χ4v) is 0.643. The highest BCUT2D eigenvalue weighted by atomic mass is 16.3. The predicted octanol–water partition coefficient (Wildman–Crippen LogP) is 2.05. The molecule has 0 aromatic carbocycles. The first kappa shape index (κ1) is 16.8. The molecule has 0 aliphatic rings. The minimum absolute atomic E-state index is 0.0105. The SMILES string of the molecule is CC(C)C.CC(C)C(C)C(=O)NCCO. The number of aliphatic hydroxyl groups excluding tert-OH is 1. The van der Waals surface area contributed by atoms with Gasteiger partial charge < -0.3 is 10.4 Å². The summed E-state index contributed by atoms with van der Waals surface area (Å²) in [7, 11) is 0. The van der Waals surface area contributed by atoms with Crippen molar-refractivity contribution in [1.82, 2.24) is 5.32 Å². The van der Waals surface area contributed by atoms with Crippen LogP contribution in [0.4, 0.5) is 0 Å². The monoisotopic (exact) mass is 217 g/mol. The van der Waals surface area contributed by atoms with Gasteiger partial charge in [0.1, 0.15) is 0 Å². The Morgan fingerprint density at radius 1 is 1.13 bits per heavy atom. The summed E-state index contributed by atoms with van der Waals surface area (Å²) in [4.78, 5) is 11.1. The topological polar surface area (TPSA) is 49.3 Å². The van der Waals surface area contributed by atoms with E-state index in [-0.39, 0.29) is 18.4 Å². The van der Waals surface area contributed by atoms with E-state index in [0.29, 0.717) is 12.5 Å². The van der Waals surface area contributed by atoms with Gasteiger partial charge in [0.2, 0.25) is 5.91 Å². The van der Waals surface area contributed by atoms with E-state index < -0.39 is 0 Å². The van der Waals surface area contributed by atoms with Crippen molar-refractivity contribution in [1.29, 1.82) is 0 Å². The van der Waals surface area contributed by atoms with E-state index in [9.17, 15) is 4.79 Å². The summed E-state index contributed by atoms with van der Waals surface area (Å²) in [6.45, 7) is 12.8. The lowest BCUT2D eigenvalue weighted by Crippen LogP contribution is -2.33. The van der Waals surface area contributed by atoms with Crippen molar-refractivity contribution in [2.24, 2.45) is 17.8 Å². The Morgan fingerprint density at radius 3 is 1.80 bits per heavy atom. The van der Waals surface area contributed by atoms with Crippen molar-refractivity contribution in [3.63, 3.8) is 0 Å². The highest BCUT2D eigenvalue weighted by molar-refractivity contribution is 5.78. The zero-order valence-corrected chi connectivity index (χ0v) is 11.0. The molecule has 0 aliphatic heterocycles. The van der Waals surface area contributed by atoms with Crippen molar-refractivity contribution in [3.05, 3.63) is 0 Å². The molecule has 92 valence electrons. The number of nitrogens with one attached hydrogen (secondary N) is 1. The van der Waals surface area contributed by atoms with E-state index in [1.165, 1.54) is 0 Å². The zero-order valence-electron chi connectivity index (χ0n) is 11.0. The molecule has 1 unspecified atom stereocenters. The summed E-state index contributed by atoms with van der Waals surface area (Å²) in [6.07, 6.45) is 0. The average molecular weight is 217 g/mol. The van der Waals surface area contributed by atoms with E-state index in [1.807, 2.05) is 20.8 Å². The maximum absolute atomic E-state index is 11.1. The summed E-state index contributed by atoms with van der Waals surface area (Å²) >= 11 is 0. The molecule has 0 aliphatic carbocycles. The summed E-state index contributed by atoms with van der Waals surface area (Å²) in [5, 5.41) is 11.0. The first-order chi connectivity index (χ1) is 6.82. The Bertz CT molecular complexity index is 153. The number of aliphatic hydroxyl groups is 1. The second-order valence-corrected chi connectivity index (χ2v) is 4.78. The summed E-state index contributed by atoms with van der Waals surface area (Å²) < 4.78 is 0. The van der Waals surface area contributed by atoms with Crippen LogP contribution in [0.1, 0.15) is 41.5 Å². The van der Waals surface area contributed by atoms with E-state index in [2.05, 4.69) is 26.1 Å². The normalized spacial score (nSPS) is 12.1. The maximum Gasteiger partial charge on any atom is 0.223 e. The minimum Gasteiger partial charge on any atom is -0.395 e. The Kier molecular flexibility index (Phi) is 11.2. The molecule has 1 atom stereocenters. The molecule has 3 nitrogen and oxygen atoms in total. The van der Waals surface area contributed by atoms with Crippen molar-refractivity contribution in [2.75, 3.05) is 13.2 Å². The highest BCUT2D eigenvalue weighted by Crippen LogP contribution is 2.08. The fourth-order valence-electron chi connectivity index (χ4n) is 0.643. The van der Waals surface area contributed by atoms with Crippen LogP contribution in [0.5, 0.6) is 0 Å². The molecule has 2 N–H and O–H groups in total. The third kappa shape index (κ3) is 13.4. The molecule has 0 spiro atoms. The molecule has 0 aromatic heterocycles. The van der Waals surface area contributed by atoms with Gasteiger partial charge in [0, 0.05) is 12.5 Å². The molecule has 3 heteroatoms. The molecular formula is C12H27NO2. The van der Waals surface area contributed by atoms with Crippen molar-refractivity contribution in [2.45, 2.75) is 41.5 Å². The number of rotatable bonds is 4. The molecule has 0 saturated carbocycles. The van der Waals surface area contributed by atoms with E-state index >= 15 is 0 Å². The van der Waals surface area contributed by atoms with Crippen LogP contribution in [-0.4, -0.2) is 24.2 Å². The maximum atomic E-state index is 11.1. The summed E-state index contributed by atoms with van der Waals surface area (Å²) in [5.41, 5.74) is 0. The van der Waals surface area contributed by atoms with Gasteiger partial charge in [-0.15, -0.1) is 0 Å². The third-order valence-electron chi connectivity index (χ3n) is 1.82. The Labute approximate surface area is 94.3 Å². The zero-order chi connectivity index (χ0) is 12.4. The van der Waals surface area contributed by atoms with E-state index in [0.717, 1.165) is 5.92 Å². The lowest BCUT2D eigenvalue weighted by atomic mass is 9.97. The molecule has 0 bridgehead atoms. The number of amides is 1. The van der Waals surface area contributed by atoms with Crippen LogP contribution in [0.2, 0.25) is 0 Å². The molecule has 0 heterocycles. The predicted molar refractivity (Wildman–Crippen MR) is 64.6 cm³/mol.